The van der Waals surface area contributed by atoms with Crippen molar-refractivity contribution in [1.82, 2.24) is 14.8 Å². The van der Waals surface area contributed by atoms with Crippen molar-refractivity contribution in [3.05, 3.63) is 95.6 Å². The van der Waals surface area contributed by atoms with Gasteiger partial charge in [0.05, 0.1) is 0 Å². The van der Waals surface area contributed by atoms with Crippen LogP contribution in [-0.2, 0) is 6.54 Å². The van der Waals surface area contributed by atoms with Crippen molar-refractivity contribution in [2.24, 2.45) is 0 Å². The average Bonchev–Trinajstić information content (AvgIpc) is 3.13. The van der Waals surface area contributed by atoms with Crippen molar-refractivity contribution in [3.63, 3.8) is 0 Å². The van der Waals surface area contributed by atoms with Crippen molar-refractivity contribution in [1.29, 1.82) is 0 Å². The monoisotopic (exact) mass is 367 g/mol. The van der Waals surface area contributed by atoms with E-state index in [-0.39, 0.29) is 12.3 Å². The first-order chi connectivity index (χ1) is 13.6. The summed E-state index contributed by atoms with van der Waals surface area (Å²) in [6, 6.07) is 25.5. The van der Waals surface area contributed by atoms with Crippen LogP contribution < -0.4 is 0 Å². The second-order valence-electron chi connectivity index (χ2n) is 6.94. The number of nitrogens with zero attached hydrogens (tertiary/aromatic N) is 3. The molecule has 0 fully saturated rings. The molecule has 4 rings (SSSR count). The Hall–Kier alpha value is -3.53. The third-order valence-electron chi connectivity index (χ3n) is 4.68. The molecule has 4 nitrogen and oxygen atoms in total. The minimum Gasteiger partial charge on any atom is -0.292 e. The molecular weight excluding hydrogens is 346 g/mol. The Morgan fingerprint density at radius 2 is 1.36 bits per heavy atom. The van der Waals surface area contributed by atoms with Crippen molar-refractivity contribution in [3.8, 4) is 22.8 Å². The second kappa shape index (κ2) is 7.61. The van der Waals surface area contributed by atoms with Crippen LogP contribution in [0.1, 0.15) is 21.5 Å². The van der Waals surface area contributed by atoms with E-state index in [0.29, 0.717) is 17.2 Å². The van der Waals surface area contributed by atoms with Gasteiger partial charge in [-0.15, -0.1) is 5.10 Å². The van der Waals surface area contributed by atoms with Gasteiger partial charge in [0.25, 0.3) is 0 Å². The van der Waals surface area contributed by atoms with E-state index in [0.717, 1.165) is 11.1 Å². The first-order valence-corrected chi connectivity index (χ1v) is 9.27. The van der Waals surface area contributed by atoms with Crippen molar-refractivity contribution < 1.29 is 4.79 Å². The summed E-state index contributed by atoms with van der Waals surface area (Å²) in [6.45, 7) is 4.24. The molecule has 1 aromatic heterocycles. The van der Waals surface area contributed by atoms with Crippen LogP contribution in [0.2, 0.25) is 0 Å². The fourth-order valence-electron chi connectivity index (χ4n) is 3.04. The van der Waals surface area contributed by atoms with Crippen LogP contribution >= 0.6 is 0 Å². The molecule has 0 aliphatic heterocycles. The summed E-state index contributed by atoms with van der Waals surface area (Å²) < 4.78 is 1.70. The minimum absolute atomic E-state index is 0.00863. The third kappa shape index (κ3) is 3.76. The maximum absolute atomic E-state index is 12.8. The van der Waals surface area contributed by atoms with Gasteiger partial charge in [0.1, 0.15) is 6.54 Å². The van der Waals surface area contributed by atoms with E-state index in [4.69, 9.17) is 4.98 Å². The summed E-state index contributed by atoms with van der Waals surface area (Å²) in [4.78, 5) is 17.5. The molecule has 0 saturated heterocycles. The highest BCUT2D eigenvalue weighted by Gasteiger charge is 2.16. The smallest absolute Gasteiger partial charge is 0.184 e. The normalized spacial score (nSPS) is 10.8. The van der Waals surface area contributed by atoms with Crippen LogP contribution in [0.15, 0.2) is 78.9 Å². The van der Waals surface area contributed by atoms with E-state index in [9.17, 15) is 4.79 Å². The van der Waals surface area contributed by atoms with E-state index in [2.05, 4.69) is 5.10 Å². The zero-order chi connectivity index (χ0) is 19.5. The second-order valence-corrected chi connectivity index (χ2v) is 6.94. The molecule has 0 radical (unpaired) electrons. The topological polar surface area (TPSA) is 47.8 Å². The molecule has 0 aliphatic rings. The van der Waals surface area contributed by atoms with E-state index in [1.807, 2.05) is 92.7 Å². The van der Waals surface area contributed by atoms with E-state index in [1.165, 1.54) is 11.1 Å². The molecule has 3 aromatic carbocycles. The van der Waals surface area contributed by atoms with Crippen LogP contribution in [0.25, 0.3) is 22.8 Å². The van der Waals surface area contributed by atoms with Crippen molar-refractivity contribution >= 4 is 5.78 Å². The average molecular weight is 367 g/mol. The molecule has 4 aromatic rings. The molecule has 28 heavy (non-hydrogen) atoms. The largest absolute Gasteiger partial charge is 0.292 e. The first-order valence-electron chi connectivity index (χ1n) is 9.27. The Labute approximate surface area is 164 Å². The highest BCUT2D eigenvalue weighted by Crippen LogP contribution is 2.23. The standard InChI is InChI=1S/C24H21N3O/c1-17-8-12-20(13-9-17)23-25-24(21-14-10-18(2)11-15-21)27(26-23)16-22(28)19-6-4-3-5-7-19/h3-15H,16H2,1-2H3. The summed E-state index contributed by atoms with van der Waals surface area (Å²) >= 11 is 0. The maximum atomic E-state index is 12.8. The van der Waals surface area contributed by atoms with Gasteiger partial charge in [-0.2, -0.15) is 0 Å². The Bertz CT molecular complexity index is 1100. The summed E-state index contributed by atoms with van der Waals surface area (Å²) in [7, 11) is 0. The lowest BCUT2D eigenvalue weighted by atomic mass is 10.1. The molecule has 0 aliphatic carbocycles. The highest BCUT2D eigenvalue weighted by atomic mass is 16.1. The fourth-order valence-corrected chi connectivity index (χ4v) is 3.04. The van der Waals surface area contributed by atoms with Crippen LogP contribution in [0.5, 0.6) is 0 Å². The molecule has 0 bridgehead atoms. The maximum Gasteiger partial charge on any atom is 0.184 e. The molecule has 0 amide bonds. The number of carbonyl (C=O) groups is 1. The summed E-state index contributed by atoms with van der Waals surface area (Å²) in [5.74, 6) is 1.32. The predicted molar refractivity (Wildman–Crippen MR) is 111 cm³/mol. The lowest BCUT2D eigenvalue weighted by Gasteiger charge is -2.06. The number of rotatable bonds is 5. The van der Waals surface area contributed by atoms with Gasteiger partial charge < -0.3 is 0 Å². The Morgan fingerprint density at radius 1 is 0.786 bits per heavy atom. The number of aromatic nitrogens is 3. The number of benzene rings is 3. The van der Waals surface area contributed by atoms with Gasteiger partial charge >= 0.3 is 0 Å². The molecule has 0 spiro atoms. The van der Waals surface area contributed by atoms with Gasteiger partial charge in [-0.25, -0.2) is 9.67 Å². The molecule has 1 heterocycles. The van der Waals surface area contributed by atoms with Crippen molar-refractivity contribution in [2.75, 3.05) is 0 Å². The highest BCUT2D eigenvalue weighted by molar-refractivity contribution is 5.96. The van der Waals surface area contributed by atoms with E-state index in [1.54, 1.807) is 4.68 Å². The lowest BCUT2D eigenvalue weighted by molar-refractivity contribution is 0.0968. The number of ketones is 1. The van der Waals surface area contributed by atoms with Crippen molar-refractivity contribution in [2.45, 2.75) is 20.4 Å². The summed E-state index contributed by atoms with van der Waals surface area (Å²) in [5, 5.41) is 4.66. The first kappa shape index (κ1) is 17.9. The number of carbonyl (C=O) groups excluding carboxylic acids is 1. The van der Waals surface area contributed by atoms with Gasteiger partial charge in [-0.1, -0.05) is 90.0 Å². The molecule has 0 unspecified atom stereocenters. The zero-order valence-corrected chi connectivity index (χ0v) is 16.0. The van der Waals surface area contributed by atoms with Crippen LogP contribution in [0.3, 0.4) is 0 Å². The van der Waals surface area contributed by atoms with Gasteiger partial charge in [0, 0.05) is 16.7 Å². The van der Waals surface area contributed by atoms with E-state index >= 15 is 0 Å². The predicted octanol–water partition coefficient (Wildman–Crippen LogP) is 5.11. The van der Waals surface area contributed by atoms with Crippen LogP contribution in [0.4, 0.5) is 0 Å². The summed E-state index contributed by atoms with van der Waals surface area (Å²) in [5.41, 5.74) is 4.90. The quantitative estimate of drug-likeness (QED) is 0.460. The summed E-state index contributed by atoms with van der Waals surface area (Å²) in [6.07, 6.45) is 0. The fraction of sp³-hybridized carbons (Fsp3) is 0.125. The Balaban J connectivity index is 1.75. The van der Waals surface area contributed by atoms with Gasteiger partial charge in [0.15, 0.2) is 17.4 Å². The minimum atomic E-state index is 0.00863. The molecule has 4 heteroatoms. The number of hydrogen-bond acceptors (Lipinski definition) is 3. The third-order valence-corrected chi connectivity index (χ3v) is 4.68. The molecular formula is C24H21N3O. The van der Waals surface area contributed by atoms with Gasteiger partial charge in [-0.05, 0) is 13.8 Å². The zero-order valence-electron chi connectivity index (χ0n) is 16.0. The van der Waals surface area contributed by atoms with Gasteiger partial charge in [0.2, 0.25) is 0 Å². The van der Waals surface area contributed by atoms with E-state index < -0.39 is 0 Å². The molecule has 0 atom stereocenters. The number of aryl methyl sites for hydroxylation is 2. The number of hydrogen-bond donors (Lipinski definition) is 0. The lowest BCUT2D eigenvalue weighted by Crippen LogP contribution is -2.13. The SMILES string of the molecule is Cc1ccc(-c2nc(-c3ccc(C)cc3)n(CC(=O)c3ccccc3)n2)cc1. The Kier molecular flexibility index (Phi) is 4.85. The molecule has 0 N–H and O–H groups in total. The Morgan fingerprint density at radius 3 is 1.96 bits per heavy atom. The van der Waals surface area contributed by atoms with Crippen LogP contribution in [-0.4, -0.2) is 20.5 Å². The number of Topliss-reactive ketones (excluding diaryl/α,β-unsaturated/α-hetero) is 1. The van der Waals surface area contributed by atoms with Gasteiger partial charge in [-0.3, -0.25) is 4.79 Å². The molecule has 138 valence electrons. The van der Waals surface area contributed by atoms with Crippen LogP contribution in [0, 0.1) is 13.8 Å². The molecule has 0 saturated carbocycles.